The quantitative estimate of drug-likeness (QED) is 0.825. The van der Waals surface area contributed by atoms with Crippen LogP contribution in [0.4, 0.5) is 0 Å². The summed E-state index contributed by atoms with van der Waals surface area (Å²) in [5.74, 6) is 1.23. The second kappa shape index (κ2) is 8.64. The number of aliphatic hydroxyl groups is 1. The van der Waals surface area contributed by atoms with Gasteiger partial charge >= 0.3 is 0 Å². The third-order valence-corrected chi connectivity index (χ3v) is 3.41. The Morgan fingerprint density at radius 2 is 1.89 bits per heavy atom. The lowest BCUT2D eigenvalue weighted by Gasteiger charge is -2.18. The van der Waals surface area contributed by atoms with Crippen LogP contribution in [0.1, 0.15) is 25.5 Å². The van der Waals surface area contributed by atoms with Gasteiger partial charge in [-0.05, 0) is 27.6 Å². The first-order valence-corrected chi connectivity index (χ1v) is 6.62. The summed E-state index contributed by atoms with van der Waals surface area (Å²) in [6.45, 7) is 4.57. The monoisotopic (exact) mass is 353 g/mol. The number of benzene rings is 1. The molecule has 4 nitrogen and oxygen atoms in total. The molecule has 0 aliphatic heterocycles. The Bertz CT molecular complexity index is 402. The van der Waals surface area contributed by atoms with Gasteiger partial charge in [0, 0.05) is 12.6 Å². The fourth-order valence-electron chi connectivity index (χ4n) is 1.62. The molecule has 6 heteroatoms. The molecule has 1 unspecified atom stereocenters. The van der Waals surface area contributed by atoms with Crippen LogP contribution < -0.4 is 14.8 Å². The second-order valence-corrected chi connectivity index (χ2v) is 5.08. The van der Waals surface area contributed by atoms with E-state index in [1.54, 1.807) is 20.3 Å². The Morgan fingerprint density at radius 1 is 1.26 bits per heavy atom. The summed E-state index contributed by atoms with van der Waals surface area (Å²) in [6, 6.07) is 3.95. The molecule has 0 saturated heterocycles. The molecule has 19 heavy (non-hydrogen) atoms. The van der Waals surface area contributed by atoms with Gasteiger partial charge in [-0.1, -0.05) is 19.9 Å². The van der Waals surface area contributed by atoms with Crippen molar-refractivity contribution in [3.8, 4) is 11.5 Å². The lowest BCUT2D eigenvalue weighted by molar-refractivity contribution is 0.170. The summed E-state index contributed by atoms with van der Waals surface area (Å²) in [6.07, 6.45) is -0.596. The molecule has 0 aromatic heterocycles. The maximum atomic E-state index is 10.1. The Balaban J connectivity index is 0.00000324. The van der Waals surface area contributed by atoms with Crippen LogP contribution in [0.3, 0.4) is 0 Å². The van der Waals surface area contributed by atoms with Crippen molar-refractivity contribution in [1.82, 2.24) is 5.32 Å². The molecule has 2 N–H and O–H groups in total. The topological polar surface area (TPSA) is 50.7 Å². The van der Waals surface area contributed by atoms with Crippen LogP contribution in [0.15, 0.2) is 16.6 Å². The molecule has 1 aromatic carbocycles. The Hall–Kier alpha value is -0.490. The van der Waals surface area contributed by atoms with Gasteiger partial charge in [0.1, 0.15) is 0 Å². The van der Waals surface area contributed by atoms with Gasteiger partial charge in [0.2, 0.25) is 0 Å². The highest BCUT2D eigenvalue weighted by molar-refractivity contribution is 9.10. The molecular weight excluding hydrogens is 334 g/mol. The smallest absolute Gasteiger partial charge is 0.175 e. The minimum atomic E-state index is -0.596. The minimum absolute atomic E-state index is 0. The molecule has 1 aromatic rings. The van der Waals surface area contributed by atoms with Crippen LogP contribution >= 0.6 is 28.3 Å². The summed E-state index contributed by atoms with van der Waals surface area (Å²) < 4.78 is 11.2. The van der Waals surface area contributed by atoms with Gasteiger partial charge in [0.05, 0.1) is 24.8 Å². The van der Waals surface area contributed by atoms with Crippen molar-refractivity contribution in [3.05, 3.63) is 22.2 Å². The number of halogens is 2. The van der Waals surface area contributed by atoms with Gasteiger partial charge in [-0.25, -0.2) is 0 Å². The molecule has 0 bridgehead atoms. The van der Waals surface area contributed by atoms with Crippen LogP contribution in [0.2, 0.25) is 0 Å². The maximum absolute atomic E-state index is 10.1. The van der Waals surface area contributed by atoms with Gasteiger partial charge in [0.25, 0.3) is 0 Å². The van der Waals surface area contributed by atoms with E-state index >= 15 is 0 Å². The van der Waals surface area contributed by atoms with E-state index in [1.807, 2.05) is 19.9 Å². The van der Waals surface area contributed by atoms with Crippen molar-refractivity contribution in [2.45, 2.75) is 26.0 Å². The number of methoxy groups -OCH3 is 2. The maximum Gasteiger partial charge on any atom is 0.175 e. The molecule has 110 valence electrons. The molecule has 0 saturated carbocycles. The largest absolute Gasteiger partial charge is 0.493 e. The van der Waals surface area contributed by atoms with E-state index < -0.39 is 6.10 Å². The highest BCUT2D eigenvalue weighted by atomic mass is 79.9. The van der Waals surface area contributed by atoms with Crippen molar-refractivity contribution < 1.29 is 14.6 Å². The molecule has 0 aliphatic carbocycles. The average molecular weight is 355 g/mol. The lowest BCUT2D eigenvalue weighted by atomic mass is 10.1. The number of rotatable bonds is 6. The Kier molecular flexibility index (Phi) is 8.41. The molecule has 0 spiro atoms. The fourth-order valence-corrected chi connectivity index (χ4v) is 2.37. The molecule has 0 amide bonds. The summed E-state index contributed by atoms with van der Waals surface area (Å²) in [4.78, 5) is 0. The first-order valence-electron chi connectivity index (χ1n) is 5.83. The van der Waals surface area contributed by atoms with Crippen LogP contribution in [-0.2, 0) is 0 Å². The van der Waals surface area contributed by atoms with Gasteiger partial charge in [-0.2, -0.15) is 0 Å². The van der Waals surface area contributed by atoms with E-state index in [-0.39, 0.29) is 12.4 Å². The van der Waals surface area contributed by atoms with Crippen LogP contribution in [0.5, 0.6) is 11.5 Å². The van der Waals surface area contributed by atoms with Gasteiger partial charge in [-0.3, -0.25) is 0 Å². The highest BCUT2D eigenvalue weighted by Gasteiger charge is 2.18. The fraction of sp³-hybridized carbons (Fsp3) is 0.538. The summed E-state index contributed by atoms with van der Waals surface area (Å²) in [5.41, 5.74) is 0.779. The van der Waals surface area contributed by atoms with Crippen LogP contribution in [0.25, 0.3) is 0 Å². The third-order valence-electron chi connectivity index (χ3n) is 2.59. The zero-order chi connectivity index (χ0) is 13.7. The van der Waals surface area contributed by atoms with Crippen molar-refractivity contribution in [2.24, 2.45) is 0 Å². The third kappa shape index (κ3) is 4.84. The van der Waals surface area contributed by atoms with Crippen LogP contribution in [0, 0.1) is 0 Å². The predicted molar refractivity (Wildman–Crippen MR) is 82.6 cm³/mol. The average Bonchev–Trinajstić information content (AvgIpc) is 2.35. The Labute approximate surface area is 129 Å². The first kappa shape index (κ1) is 18.5. The number of hydrogen-bond donors (Lipinski definition) is 2. The van der Waals surface area contributed by atoms with Gasteiger partial charge in [-0.15, -0.1) is 12.4 Å². The lowest BCUT2D eigenvalue weighted by Crippen LogP contribution is -2.28. The second-order valence-electron chi connectivity index (χ2n) is 4.28. The van der Waals surface area contributed by atoms with Crippen molar-refractivity contribution in [1.29, 1.82) is 0 Å². The molecule has 0 fully saturated rings. The van der Waals surface area contributed by atoms with Gasteiger partial charge in [0.15, 0.2) is 11.5 Å². The molecular formula is C13H21BrClNO3. The van der Waals surface area contributed by atoms with Gasteiger partial charge < -0.3 is 19.9 Å². The predicted octanol–water partition coefficient (Wildman–Crippen LogP) is 2.92. The van der Waals surface area contributed by atoms with E-state index in [1.165, 1.54) is 0 Å². The summed E-state index contributed by atoms with van der Waals surface area (Å²) in [7, 11) is 3.16. The van der Waals surface area contributed by atoms with E-state index in [9.17, 15) is 5.11 Å². The Morgan fingerprint density at radius 3 is 2.37 bits per heavy atom. The molecule has 1 rings (SSSR count). The highest BCUT2D eigenvalue weighted by Crippen LogP contribution is 2.39. The van der Waals surface area contributed by atoms with Crippen LogP contribution in [-0.4, -0.2) is 31.9 Å². The normalized spacial score (nSPS) is 11.9. The number of hydrogen-bond acceptors (Lipinski definition) is 4. The van der Waals surface area contributed by atoms with E-state index in [0.717, 1.165) is 10.0 Å². The standard InChI is InChI=1S/C13H20BrNO3.ClH/c1-8(2)15-7-10(16)9-5-6-11(17-3)13(18-4)12(9)14;/h5-6,8,10,15-16H,7H2,1-4H3;1H. The number of ether oxygens (including phenoxy) is 2. The molecule has 0 aliphatic rings. The first-order chi connectivity index (χ1) is 8.51. The molecule has 0 heterocycles. The summed E-state index contributed by atoms with van der Waals surface area (Å²) in [5, 5.41) is 13.3. The zero-order valence-electron chi connectivity index (χ0n) is 11.6. The van der Waals surface area contributed by atoms with E-state index in [4.69, 9.17) is 9.47 Å². The summed E-state index contributed by atoms with van der Waals surface area (Å²) >= 11 is 3.45. The number of aliphatic hydroxyl groups excluding tert-OH is 1. The van der Waals surface area contributed by atoms with E-state index in [0.29, 0.717) is 24.1 Å². The molecule has 1 atom stereocenters. The minimum Gasteiger partial charge on any atom is -0.493 e. The van der Waals surface area contributed by atoms with Crippen molar-refractivity contribution in [2.75, 3.05) is 20.8 Å². The number of nitrogens with one attached hydrogen (secondary N) is 1. The SMILES string of the molecule is COc1ccc(C(O)CNC(C)C)c(Br)c1OC.Cl. The van der Waals surface area contributed by atoms with Crippen molar-refractivity contribution in [3.63, 3.8) is 0 Å². The van der Waals surface area contributed by atoms with Crippen molar-refractivity contribution >= 4 is 28.3 Å². The zero-order valence-corrected chi connectivity index (χ0v) is 14.0. The van der Waals surface area contributed by atoms with E-state index in [2.05, 4.69) is 21.2 Å². The molecule has 0 radical (unpaired) electrons.